The summed E-state index contributed by atoms with van der Waals surface area (Å²) in [6, 6.07) is 14.9. The molecular weight excluding hydrogens is 395 g/mol. The molecule has 7 nitrogen and oxygen atoms in total. The summed E-state index contributed by atoms with van der Waals surface area (Å²) in [5.74, 6) is 0.619. The van der Waals surface area contributed by atoms with Crippen molar-refractivity contribution in [1.82, 2.24) is 19.7 Å². The van der Waals surface area contributed by atoms with Crippen molar-refractivity contribution in [1.29, 1.82) is 0 Å². The number of benzene rings is 2. The molecule has 0 saturated heterocycles. The molecule has 0 atom stereocenters. The fraction of sp³-hybridized carbons (Fsp3) is 0.130. The second-order valence-electron chi connectivity index (χ2n) is 7.11. The highest BCUT2D eigenvalue weighted by Gasteiger charge is 2.08. The van der Waals surface area contributed by atoms with Gasteiger partial charge in [0.15, 0.2) is 5.82 Å². The van der Waals surface area contributed by atoms with Gasteiger partial charge in [0.1, 0.15) is 11.6 Å². The van der Waals surface area contributed by atoms with Crippen molar-refractivity contribution in [3.05, 3.63) is 95.3 Å². The van der Waals surface area contributed by atoms with E-state index >= 15 is 0 Å². The molecule has 0 fully saturated rings. The second kappa shape index (κ2) is 8.74. The van der Waals surface area contributed by atoms with Crippen LogP contribution in [0, 0.1) is 19.7 Å². The molecule has 4 rings (SSSR count). The first-order valence-corrected chi connectivity index (χ1v) is 9.73. The number of carbonyl (C=O) groups is 1. The highest BCUT2D eigenvalue weighted by atomic mass is 19.1. The molecule has 2 heterocycles. The van der Waals surface area contributed by atoms with Crippen LogP contribution in [-0.4, -0.2) is 25.7 Å². The van der Waals surface area contributed by atoms with Gasteiger partial charge in [-0.2, -0.15) is 5.10 Å². The number of hydrogen-bond donors (Lipinski definition) is 2. The number of nitrogens with one attached hydrogen (secondary N) is 2. The summed E-state index contributed by atoms with van der Waals surface area (Å²) in [6.07, 6.45) is 3.33. The molecule has 0 aliphatic carbocycles. The minimum Gasteiger partial charge on any atom is -0.365 e. The van der Waals surface area contributed by atoms with Crippen LogP contribution in [0.2, 0.25) is 0 Å². The third-order valence-electron chi connectivity index (χ3n) is 4.64. The van der Waals surface area contributed by atoms with E-state index in [0.717, 1.165) is 17.0 Å². The zero-order valence-electron chi connectivity index (χ0n) is 17.1. The SMILES string of the molecule is Cc1cc(C)n(-c2cncc(NCc3ccc(NC(=O)c4ccc(F)cc4)cc3)n2)n1. The van der Waals surface area contributed by atoms with Gasteiger partial charge in [0.05, 0.1) is 18.1 Å². The van der Waals surface area contributed by atoms with Crippen LogP contribution < -0.4 is 10.6 Å². The second-order valence-corrected chi connectivity index (χ2v) is 7.11. The van der Waals surface area contributed by atoms with Gasteiger partial charge in [0.2, 0.25) is 0 Å². The summed E-state index contributed by atoms with van der Waals surface area (Å²) >= 11 is 0. The normalized spacial score (nSPS) is 10.7. The minimum absolute atomic E-state index is 0.290. The monoisotopic (exact) mass is 416 g/mol. The summed E-state index contributed by atoms with van der Waals surface area (Å²) in [4.78, 5) is 21.0. The molecule has 0 spiro atoms. The summed E-state index contributed by atoms with van der Waals surface area (Å²) in [5.41, 5.74) is 3.97. The molecule has 2 N–H and O–H groups in total. The Hall–Kier alpha value is -4.07. The van der Waals surface area contributed by atoms with Gasteiger partial charge in [-0.3, -0.25) is 9.78 Å². The lowest BCUT2D eigenvalue weighted by Gasteiger charge is -2.09. The highest BCUT2D eigenvalue weighted by Crippen LogP contribution is 2.15. The largest absolute Gasteiger partial charge is 0.365 e. The number of rotatable bonds is 6. The Bertz CT molecular complexity index is 1200. The van der Waals surface area contributed by atoms with Gasteiger partial charge in [-0.05, 0) is 61.9 Å². The average molecular weight is 416 g/mol. The Kier molecular flexibility index (Phi) is 5.70. The summed E-state index contributed by atoms with van der Waals surface area (Å²) in [7, 11) is 0. The molecular formula is C23H21FN6O. The van der Waals surface area contributed by atoms with Crippen molar-refractivity contribution in [2.24, 2.45) is 0 Å². The number of nitrogens with zero attached hydrogens (tertiary/aromatic N) is 4. The topological polar surface area (TPSA) is 84.7 Å². The van der Waals surface area contributed by atoms with Crippen LogP contribution in [0.1, 0.15) is 27.3 Å². The number of aromatic nitrogens is 4. The zero-order valence-corrected chi connectivity index (χ0v) is 17.1. The number of anilines is 2. The van der Waals surface area contributed by atoms with E-state index in [0.29, 0.717) is 29.4 Å². The molecule has 0 aliphatic rings. The molecule has 0 saturated carbocycles. The van der Waals surface area contributed by atoms with Crippen LogP contribution in [0.25, 0.3) is 5.82 Å². The molecule has 1 amide bonds. The molecule has 0 bridgehead atoms. The van der Waals surface area contributed by atoms with Crippen molar-refractivity contribution in [3.8, 4) is 5.82 Å². The van der Waals surface area contributed by atoms with E-state index in [4.69, 9.17) is 0 Å². The minimum atomic E-state index is -0.376. The van der Waals surface area contributed by atoms with Crippen molar-refractivity contribution >= 4 is 17.4 Å². The van der Waals surface area contributed by atoms with Crippen molar-refractivity contribution in [2.75, 3.05) is 10.6 Å². The Morgan fingerprint density at radius 2 is 1.77 bits per heavy atom. The van der Waals surface area contributed by atoms with Gasteiger partial charge in [-0.1, -0.05) is 12.1 Å². The first-order valence-electron chi connectivity index (χ1n) is 9.73. The molecule has 4 aromatic rings. The van der Waals surface area contributed by atoms with E-state index in [1.54, 1.807) is 17.1 Å². The van der Waals surface area contributed by atoms with E-state index in [-0.39, 0.29) is 11.7 Å². The van der Waals surface area contributed by atoms with E-state index in [2.05, 4.69) is 25.7 Å². The highest BCUT2D eigenvalue weighted by molar-refractivity contribution is 6.04. The van der Waals surface area contributed by atoms with Gasteiger partial charge in [-0.15, -0.1) is 0 Å². The predicted molar refractivity (Wildman–Crippen MR) is 117 cm³/mol. The first kappa shape index (κ1) is 20.2. The van der Waals surface area contributed by atoms with Crippen LogP contribution in [0.15, 0.2) is 67.0 Å². The van der Waals surface area contributed by atoms with E-state index in [9.17, 15) is 9.18 Å². The number of aryl methyl sites for hydroxylation is 2. The van der Waals surface area contributed by atoms with Crippen LogP contribution >= 0.6 is 0 Å². The molecule has 156 valence electrons. The predicted octanol–water partition coefficient (Wildman–Crippen LogP) is 4.28. The first-order chi connectivity index (χ1) is 15.0. The van der Waals surface area contributed by atoms with Crippen LogP contribution in [0.4, 0.5) is 15.9 Å². The van der Waals surface area contributed by atoms with E-state index < -0.39 is 0 Å². The quantitative estimate of drug-likeness (QED) is 0.490. The lowest BCUT2D eigenvalue weighted by Crippen LogP contribution is -2.12. The van der Waals surface area contributed by atoms with Crippen molar-refractivity contribution < 1.29 is 9.18 Å². The van der Waals surface area contributed by atoms with E-state index in [1.165, 1.54) is 24.3 Å². The summed E-state index contributed by atoms with van der Waals surface area (Å²) < 4.78 is 14.7. The van der Waals surface area contributed by atoms with Gasteiger partial charge >= 0.3 is 0 Å². The van der Waals surface area contributed by atoms with Gasteiger partial charge in [-0.25, -0.2) is 14.1 Å². The lowest BCUT2D eigenvalue weighted by atomic mass is 10.2. The van der Waals surface area contributed by atoms with Crippen LogP contribution in [-0.2, 0) is 6.54 Å². The van der Waals surface area contributed by atoms with Crippen LogP contribution in [0.5, 0.6) is 0 Å². The fourth-order valence-electron chi connectivity index (χ4n) is 3.11. The summed E-state index contributed by atoms with van der Waals surface area (Å²) in [5, 5.41) is 10.5. The number of carbonyl (C=O) groups excluding carboxylic acids is 1. The average Bonchev–Trinajstić information content (AvgIpc) is 3.12. The smallest absolute Gasteiger partial charge is 0.255 e. The van der Waals surface area contributed by atoms with Gasteiger partial charge in [0, 0.05) is 23.5 Å². The standard InChI is InChI=1S/C23H21FN6O/c1-15-11-16(2)30(29-15)22-14-25-13-21(28-22)26-12-17-3-9-20(10-4-17)27-23(31)18-5-7-19(24)8-6-18/h3-11,13-14H,12H2,1-2H3,(H,26,28)(H,27,31). The molecule has 2 aromatic heterocycles. The molecule has 0 unspecified atom stereocenters. The molecule has 2 aromatic carbocycles. The maximum Gasteiger partial charge on any atom is 0.255 e. The van der Waals surface area contributed by atoms with Crippen molar-refractivity contribution in [2.45, 2.75) is 20.4 Å². The molecule has 0 aliphatic heterocycles. The third-order valence-corrected chi connectivity index (χ3v) is 4.64. The van der Waals surface area contributed by atoms with Gasteiger partial charge in [0.25, 0.3) is 5.91 Å². The number of amides is 1. The number of halogens is 1. The zero-order chi connectivity index (χ0) is 21.8. The Morgan fingerprint density at radius 1 is 1.03 bits per heavy atom. The maximum absolute atomic E-state index is 13.0. The Morgan fingerprint density at radius 3 is 2.45 bits per heavy atom. The number of hydrogen-bond acceptors (Lipinski definition) is 5. The molecule has 0 radical (unpaired) electrons. The Labute approximate surface area is 179 Å². The van der Waals surface area contributed by atoms with E-state index in [1.807, 2.05) is 44.2 Å². The molecule has 31 heavy (non-hydrogen) atoms. The maximum atomic E-state index is 13.0. The van der Waals surface area contributed by atoms with Gasteiger partial charge < -0.3 is 10.6 Å². The summed E-state index contributed by atoms with van der Waals surface area (Å²) in [6.45, 7) is 4.45. The van der Waals surface area contributed by atoms with Crippen LogP contribution in [0.3, 0.4) is 0 Å². The van der Waals surface area contributed by atoms with Crippen molar-refractivity contribution in [3.63, 3.8) is 0 Å². The fourth-order valence-corrected chi connectivity index (χ4v) is 3.11. The third kappa shape index (κ3) is 4.92. The Balaban J connectivity index is 1.37. The lowest BCUT2D eigenvalue weighted by molar-refractivity contribution is 0.102. The molecule has 8 heteroatoms.